The normalized spacial score (nSPS) is 10.5. The van der Waals surface area contributed by atoms with Gasteiger partial charge in [-0.05, 0) is 19.1 Å². The molecule has 0 fully saturated rings. The van der Waals surface area contributed by atoms with E-state index >= 15 is 0 Å². The Bertz CT molecular complexity index is 540. The van der Waals surface area contributed by atoms with Crippen molar-refractivity contribution in [3.8, 4) is 11.8 Å². The fraction of sp³-hybridized carbons (Fsp3) is 0.333. The average Bonchev–Trinajstić information content (AvgIpc) is 2.37. The van der Waals surface area contributed by atoms with Gasteiger partial charge < -0.3 is 9.47 Å². The van der Waals surface area contributed by atoms with Crippen molar-refractivity contribution < 1.29 is 31.8 Å². The molecule has 1 rings (SSSR count). The minimum absolute atomic E-state index is 0.0248. The number of carbonyl (C=O) groups excluding carboxylic acids is 1. The average molecular weight is 291 g/mol. The van der Waals surface area contributed by atoms with E-state index in [1.165, 1.54) is 13.0 Å². The van der Waals surface area contributed by atoms with Crippen LogP contribution in [0.3, 0.4) is 0 Å². The van der Waals surface area contributed by atoms with Gasteiger partial charge in [0.2, 0.25) is 0 Å². The number of hydrogen-bond donors (Lipinski definition) is 0. The van der Waals surface area contributed by atoms with Crippen molar-refractivity contribution in [2.24, 2.45) is 0 Å². The van der Waals surface area contributed by atoms with Crippen molar-refractivity contribution in [1.29, 1.82) is 5.26 Å². The van der Waals surface area contributed by atoms with E-state index < -0.39 is 41.4 Å². The van der Waals surface area contributed by atoms with Crippen molar-refractivity contribution >= 4 is 5.97 Å². The summed E-state index contributed by atoms with van der Waals surface area (Å²) in [7, 11) is 0. The molecule has 108 valence electrons. The van der Waals surface area contributed by atoms with Crippen LogP contribution in [0.25, 0.3) is 0 Å². The fourth-order valence-electron chi connectivity index (χ4n) is 1.52. The molecule has 0 aromatic heterocycles. The SMILES string of the molecule is CCOC(=O)c1ccc(OC(F)F)c(C(F)F)c1C#N. The second-order valence-corrected chi connectivity index (χ2v) is 3.41. The number of alkyl halides is 4. The molecule has 4 nitrogen and oxygen atoms in total. The molecule has 0 aliphatic carbocycles. The number of esters is 1. The first kappa shape index (κ1) is 15.8. The predicted molar refractivity (Wildman–Crippen MR) is 58.7 cm³/mol. The number of halogens is 4. The predicted octanol–water partition coefficient (Wildman–Crippen LogP) is 3.27. The van der Waals surface area contributed by atoms with E-state index in [2.05, 4.69) is 9.47 Å². The molecule has 0 radical (unpaired) electrons. The van der Waals surface area contributed by atoms with Crippen LogP contribution in [0.2, 0.25) is 0 Å². The van der Waals surface area contributed by atoms with E-state index in [0.717, 1.165) is 12.1 Å². The topological polar surface area (TPSA) is 59.3 Å². The van der Waals surface area contributed by atoms with Crippen LogP contribution in [0.5, 0.6) is 5.75 Å². The summed E-state index contributed by atoms with van der Waals surface area (Å²) < 4.78 is 58.7. The van der Waals surface area contributed by atoms with Gasteiger partial charge in [0.25, 0.3) is 6.43 Å². The fourth-order valence-corrected chi connectivity index (χ4v) is 1.52. The molecule has 0 N–H and O–H groups in total. The highest BCUT2D eigenvalue weighted by Gasteiger charge is 2.26. The molecule has 0 saturated carbocycles. The van der Waals surface area contributed by atoms with Crippen molar-refractivity contribution in [2.45, 2.75) is 20.0 Å². The van der Waals surface area contributed by atoms with Crippen molar-refractivity contribution in [3.63, 3.8) is 0 Å². The Kier molecular flexibility index (Phi) is 5.32. The molecule has 1 aromatic carbocycles. The molecule has 0 spiro atoms. The highest BCUT2D eigenvalue weighted by atomic mass is 19.3. The summed E-state index contributed by atoms with van der Waals surface area (Å²) in [5, 5.41) is 8.89. The molecule has 1 aromatic rings. The molecule has 0 bridgehead atoms. The van der Waals surface area contributed by atoms with Crippen LogP contribution in [0.4, 0.5) is 17.6 Å². The molecule has 0 amide bonds. The summed E-state index contributed by atoms with van der Waals surface area (Å²) in [5.41, 5.74) is -2.22. The smallest absolute Gasteiger partial charge is 0.387 e. The number of benzene rings is 1. The lowest BCUT2D eigenvalue weighted by atomic mass is 10.0. The first-order valence-electron chi connectivity index (χ1n) is 5.39. The number of rotatable bonds is 5. The summed E-state index contributed by atoms with van der Waals surface area (Å²) in [6.45, 7) is -1.86. The van der Waals surface area contributed by atoms with E-state index in [4.69, 9.17) is 5.26 Å². The van der Waals surface area contributed by atoms with E-state index in [-0.39, 0.29) is 6.61 Å². The van der Waals surface area contributed by atoms with Gasteiger partial charge in [-0.15, -0.1) is 0 Å². The minimum Gasteiger partial charge on any atom is -0.462 e. The quantitative estimate of drug-likeness (QED) is 0.617. The lowest BCUT2D eigenvalue weighted by Crippen LogP contribution is -2.12. The summed E-state index contributed by atoms with van der Waals surface area (Å²) in [5.74, 6) is -1.84. The van der Waals surface area contributed by atoms with Gasteiger partial charge in [0, 0.05) is 0 Å². The van der Waals surface area contributed by atoms with Crippen molar-refractivity contribution in [1.82, 2.24) is 0 Å². The Hall–Kier alpha value is -2.30. The summed E-state index contributed by atoms with van der Waals surface area (Å²) in [6, 6.07) is 3.10. The Labute approximate surface area is 111 Å². The third-order valence-electron chi connectivity index (χ3n) is 2.25. The molecular formula is C12H9F4NO3. The number of hydrogen-bond acceptors (Lipinski definition) is 4. The first-order chi connectivity index (χ1) is 9.42. The van der Waals surface area contributed by atoms with E-state index in [0.29, 0.717) is 0 Å². The van der Waals surface area contributed by atoms with Gasteiger partial charge in [0.1, 0.15) is 11.8 Å². The maximum absolute atomic E-state index is 12.9. The zero-order valence-corrected chi connectivity index (χ0v) is 10.2. The van der Waals surface area contributed by atoms with Crippen LogP contribution < -0.4 is 4.74 Å². The third-order valence-corrected chi connectivity index (χ3v) is 2.25. The van der Waals surface area contributed by atoms with Gasteiger partial charge in [0.05, 0.1) is 23.3 Å². The standard InChI is InChI=1S/C12H9F4NO3/c1-2-19-11(18)6-3-4-8(20-12(15)16)9(10(13)14)7(6)5-17/h3-4,10,12H,2H2,1H3. The molecule has 8 heteroatoms. The monoisotopic (exact) mass is 291 g/mol. The molecule has 20 heavy (non-hydrogen) atoms. The summed E-state index contributed by atoms with van der Waals surface area (Å²) >= 11 is 0. The number of nitriles is 1. The van der Waals surface area contributed by atoms with Gasteiger partial charge in [-0.2, -0.15) is 14.0 Å². The third kappa shape index (κ3) is 3.38. The summed E-state index contributed by atoms with van der Waals surface area (Å²) in [6.07, 6.45) is -3.26. The van der Waals surface area contributed by atoms with Gasteiger partial charge in [-0.1, -0.05) is 0 Å². The minimum atomic E-state index is -3.33. The van der Waals surface area contributed by atoms with Crippen molar-refractivity contribution in [2.75, 3.05) is 6.61 Å². The molecule has 0 atom stereocenters. The maximum atomic E-state index is 12.9. The lowest BCUT2D eigenvalue weighted by Gasteiger charge is -2.14. The van der Waals surface area contributed by atoms with Gasteiger partial charge in [-0.25, -0.2) is 13.6 Å². The number of carbonyl (C=O) groups is 1. The zero-order chi connectivity index (χ0) is 15.3. The molecule has 0 aliphatic heterocycles. The van der Waals surface area contributed by atoms with Crippen LogP contribution in [0.15, 0.2) is 12.1 Å². The first-order valence-corrected chi connectivity index (χ1v) is 5.39. The van der Waals surface area contributed by atoms with Crippen LogP contribution in [0.1, 0.15) is 34.8 Å². The highest BCUT2D eigenvalue weighted by molar-refractivity contribution is 5.93. The van der Waals surface area contributed by atoms with E-state index in [9.17, 15) is 22.4 Å². The second-order valence-electron chi connectivity index (χ2n) is 3.41. The van der Waals surface area contributed by atoms with Gasteiger partial charge >= 0.3 is 12.6 Å². The van der Waals surface area contributed by atoms with Crippen LogP contribution in [-0.2, 0) is 4.74 Å². The van der Waals surface area contributed by atoms with E-state index in [1.807, 2.05) is 0 Å². The zero-order valence-electron chi connectivity index (χ0n) is 10.2. The lowest BCUT2D eigenvalue weighted by molar-refractivity contribution is -0.0519. The second kappa shape index (κ2) is 6.75. The van der Waals surface area contributed by atoms with Crippen LogP contribution >= 0.6 is 0 Å². The van der Waals surface area contributed by atoms with E-state index in [1.54, 1.807) is 0 Å². The molecule has 0 saturated heterocycles. The van der Waals surface area contributed by atoms with Gasteiger partial charge in [-0.3, -0.25) is 0 Å². The van der Waals surface area contributed by atoms with Gasteiger partial charge in [0.15, 0.2) is 0 Å². The Morgan fingerprint density at radius 3 is 2.45 bits per heavy atom. The van der Waals surface area contributed by atoms with Crippen LogP contribution in [0, 0.1) is 11.3 Å². The molecule has 0 unspecified atom stereocenters. The molecule has 0 heterocycles. The van der Waals surface area contributed by atoms with Crippen LogP contribution in [-0.4, -0.2) is 19.2 Å². The maximum Gasteiger partial charge on any atom is 0.387 e. The van der Waals surface area contributed by atoms with Crippen molar-refractivity contribution in [3.05, 3.63) is 28.8 Å². The summed E-state index contributed by atoms with van der Waals surface area (Å²) in [4.78, 5) is 11.5. The largest absolute Gasteiger partial charge is 0.462 e. The number of ether oxygens (including phenoxy) is 2. The highest BCUT2D eigenvalue weighted by Crippen LogP contribution is 2.35. The Balaban J connectivity index is 3.42. The Morgan fingerprint density at radius 1 is 1.35 bits per heavy atom. The molecular weight excluding hydrogens is 282 g/mol. The number of nitrogens with zero attached hydrogens (tertiary/aromatic N) is 1. The molecule has 0 aliphatic rings. The Morgan fingerprint density at radius 2 is 2.00 bits per heavy atom.